The molecule has 1 aliphatic rings. The zero-order valence-corrected chi connectivity index (χ0v) is 8.82. The van der Waals surface area contributed by atoms with Gasteiger partial charge in [0.15, 0.2) is 0 Å². The Labute approximate surface area is 93.4 Å². The molecule has 0 fully saturated rings. The van der Waals surface area contributed by atoms with Gasteiger partial charge in [-0.25, -0.2) is 9.79 Å². The Hall–Kier alpha value is -1.93. The highest BCUT2D eigenvalue weighted by Gasteiger charge is 2.14. The van der Waals surface area contributed by atoms with E-state index < -0.39 is 0 Å². The van der Waals surface area contributed by atoms with E-state index in [1.165, 1.54) is 6.08 Å². The van der Waals surface area contributed by atoms with E-state index in [0.29, 0.717) is 13.0 Å². The highest BCUT2D eigenvalue weighted by atomic mass is 16.1. The molecule has 4 nitrogen and oxygen atoms in total. The summed E-state index contributed by atoms with van der Waals surface area (Å²) in [5, 5.41) is 2.83. The number of hydrogen-bond acceptors (Lipinski definition) is 3. The minimum atomic E-state index is 0.0748. The third-order valence-corrected chi connectivity index (χ3v) is 2.64. The van der Waals surface area contributed by atoms with Gasteiger partial charge >= 0.3 is 0 Å². The molecule has 1 amide bonds. The molecule has 0 radical (unpaired) electrons. The van der Waals surface area contributed by atoms with Crippen LogP contribution in [0.25, 0.3) is 0 Å². The first-order chi connectivity index (χ1) is 7.79. The second-order valence-electron chi connectivity index (χ2n) is 3.76. The summed E-state index contributed by atoms with van der Waals surface area (Å²) >= 11 is 0. The largest absolute Gasteiger partial charge is 0.326 e. The normalized spacial score (nSPS) is 13.6. The number of isocyanates is 1. The summed E-state index contributed by atoms with van der Waals surface area (Å²) in [5.74, 6) is 0.0748. The lowest BCUT2D eigenvalue weighted by Crippen LogP contribution is -2.19. The molecule has 1 aromatic carbocycles. The molecular weight excluding hydrogens is 204 g/mol. The summed E-state index contributed by atoms with van der Waals surface area (Å²) < 4.78 is 0. The number of rotatable bonds is 3. The molecule has 1 aliphatic heterocycles. The molecule has 0 aromatic heterocycles. The first-order valence-electron chi connectivity index (χ1n) is 5.25. The van der Waals surface area contributed by atoms with Crippen molar-refractivity contribution in [2.24, 2.45) is 4.99 Å². The van der Waals surface area contributed by atoms with Crippen LogP contribution in [-0.4, -0.2) is 18.5 Å². The summed E-state index contributed by atoms with van der Waals surface area (Å²) in [7, 11) is 0. The molecular formula is C12H12N2O2. The van der Waals surface area contributed by atoms with Crippen molar-refractivity contribution in [3.63, 3.8) is 0 Å². The highest BCUT2D eigenvalue weighted by molar-refractivity contribution is 5.93. The van der Waals surface area contributed by atoms with Crippen LogP contribution in [0, 0.1) is 0 Å². The van der Waals surface area contributed by atoms with Crippen LogP contribution in [0.1, 0.15) is 17.5 Å². The van der Waals surface area contributed by atoms with Crippen LogP contribution < -0.4 is 5.32 Å². The van der Waals surface area contributed by atoms with Crippen molar-refractivity contribution in [2.45, 2.75) is 19.3 Å². The number of carbonyl (C=O) groups is 1. The van der Waals surface area contributed by atoms with Crippen molar-refractivity contribution in [2.75, 3.05) is 11.9 Å². The molecule has 0 bridgehead atoms. The van der Waals surface area contributed by atoms with Crippen LogP contribution in [0.15, 0.2) is 23.2 Å². The summed E-state index contributed by atoms with van der Waals surface area (Å²) in [4.78, 5) is 24.6. The van der Waals surface area contributed by atoms with Crippen LogP contribution >= 0.6 is 0 Å². The number of fused-ring (bicyclic) bond motifs is 1. The fraction of sp³-hybridized carbons (Fsp3) is 0.333. The maximum Gasteiger partial charge on any atom is 0.234 e. The average molecular weight is 216 g/mol. The summed E-state index contributed by atoms with van der Waals surface area (Å²) in [6.07, 6.45) is 3.58. The predicted octanol–water partition coefficient (Wildman–Crippen LogP) is 1.45. The maximum atomic E-state index is 11.2. The Kier molecular flexibility index (Phi) is 3.13. The highest BCUT2D eigenvalue weighted by Crippen LogP contribution is 2.23. The van der Waals surface area contributed by atoms with E-state index >= 15 is 0 Å². The van der Waals surface area contributed by atoms with Gasteiger partial charge in [0, 0.05) is 12.1 Å². The van der Waals surface area contributed by atoms with Crippen LogP contribution in [0.4, 0.5) is 5.69 Å². The molecule has 0 saturated heterocycles. The minimum Gasteiger partial charge on any atom is -0.326 e. The Balaban J connectivity index is 2.13. The quantitative estimate of drug-likeness (QED) is 0.614. The second kappa shape index (κ2) is 4.73. The number of anilines is 1. The van der Waals surface area contributed by atoms with Crippen molar-refractivity contribution in [1.29, 1.82) is 0 Å². The molecule has 2 rings (SSSR count). The van der Waals surface area contributed by atoms with Crippen molar-refractivity contribution < 1.29 is 9.59 Å². The molecule has 0 spiro atoms. The summed E-state index contributed by atoms with van der Waals surface area (Å²) in [6.45, 7) is 0.467. The van der Waals surface area contributed by atoms with Crippen LogP contribution in [-0.2, 0) is 22.4 Å². The first kappa shape index (κ1) is 10.6. The fourth-order valence-electron chi connectivity index (χ4n) is 1.82. The summed E-state index contributed by atoms with van der Waals surface area (Å²) in [5.41, 5.74) is 3.19. The smallest absolute Gasteiger partial charge is 0.234 e. The second-order valence-corrected chi connectivity index (χ2v) is 3.76. The molecule has 4 heteroatoms. The molecule has 1 aromatic rings. The van der Waals surface area contributed by atoms with Gasteiger partial charge < -0.3 is 5.32 Å². The zero-order chi connectivity index (χ0) is 11.4. The average Bonchev–Trinajstić information content (AvgIpc) is 2.29. The lowest BCUT2D eigenvalue weighted by Gasteiger charge is -2.17. The molecule has 16 heavy (non-hydrogen) atoms. The van der Waals surface area contributed by atoms with Gasteiger partial charge in [0.2, 0.25) is 12.0 Å². The van der Waals surface area contributed by atoms with Gasteiger partial charge in [-0.1, -0.05) is 12.1 Å². The molecule has 0 atom stereocenters. The van der Waals surface area contributed by atoms with Crippen LogP contribution in [0.2, 0.25) is 0 Å². The maximum absolute atomic E-state index is 11.2. The van der Waals surface area contributed by atoms with Crippen LogP contribution in [0.5, 0.6) is 0 Å². The number of hydrogen-bond donors (Lipinski definition) is 1. The van der Waals surface area contributed by atoms with E-state index in [0.717, 1.165) is 29.7 Å². The Morgan fingerprint density at radius 2 is 2.25 bits per heavy atom. The molecule has 0 saturated carbocycles. The van der Waals surface area contributed by atoms with Gasteiger partial charge in [-0.15, -0.1) is 0 Å². The molecule has 82 valence electrons. The summed E-state index contributed by atoms with van der Waals surface area (Å²) in [6, 6.07) is 5.92. The van der Waals surface area contributed by atoms with Gasteiger partial charge in [0.1, 0.15) is 0 Å². The number of benzene rings is 1. The first-order valence-corrected chi connectivity index (χ1v) is 5.25. The minimum absolute atomic E-state index is 0.0748. The zero-order valence-electron chi connectivity index (χ0n) is 8.82. The van der Waals surface area contributed by atoms with E-state index in [2.05, 4.69) is 16.4 Å². The third kappa shape index (κ3) is 2.35. The van der Waals surface area contributed by atoms with E-state index in [9.17, 15) is 9.59 Å². The Morgan fingerprint density at radius 1 is 1.38 bits per heavy atom. The number of aryl methyl sites for hydroxylation is 1. The SMILES string of the molecule is O=C=NCCc1ccc2c(c1)CCC(=O)N2. The van der Waals surface area contributed by atoms with Crippen LogP contribution in [0.3, 0.4) is 0 Å². The van der Waals surface area contributed by atoms with Gasteiger partial charge in [0.05, 0.1) is 6.54 Å². The van der Waals surface area contributed by atoms with Gasteiger partial charge in [-0.2, -0.15) is 0 Å². The third-order valence-electron chi connectivity index (χ3n) is 2.64. The molecule has 1 N–H and O–H groups in total. The van der Waals surface area contributed by atoms with Gasteiger partial charge in [0.25, 0.3) is 0 Å². The van der Waals surface area contributed by atoms with Gasteiger partial charge in [-0.3, -0.25) is 4.79 Å². The molecule has 1 heterocycles. The lowest BCUT2D eigenvalue weighted by molar-refractivity contribution is -0.116. The van der Waals surface area contributed by atoms with Crippen molar-refractivity contribution >= 4 is 17.7 Å². The van der Waals surface area contributed by atoms with E-state index in [-0.39, 0.29) is 5.91 Å². The van der Waals surface area contributed by atoms with Crippen molar-refractivity contribution in [3.8, 4) is 0 Å². The topological polar surface area (TPSA) is 58.5 Å². The number of nitrogens with one attached hydrogen (secondary N) is 1. The molecule has 0 aliphatic carbocycles. The number of nitrogens with zero attached hydrogens (tertiary/aromatic N) is 1. The standard InChI is InChI=1S/C12H12N2O2/c15-8-13-6-5-9-1-3-11-10(7-9)2-4-12(16)14-11/h1,3,7H,2,4-6H2,(H,14,16). The number of amides is 1. The van der Waals surface area contributed by atoms with Gasteiger partial charge in [-0.05, 0) is 30.0 Å². The van der Waals surface area contributed by atoms with E-state index in [4.69, 9.17) is 0 Å². The van der Waals surface area contributed by atoms with Crippen molar-refractivity contribution in [1.82, 2.24) is 0 Å². The Bertz CT molecular complexity index is 462. The monoisotopic (exact) mass is 216 g/mol. The van der Waals surface area contributed by atoms with E-state index in [1.807, 2.05) is 12.1 Å². The predicted molar refractivity (Wildman–Crippen MR) is 60.1 cm³/mol. The van der Waals surface area contributed by atoms with E-state index in [1.54, 1.807) is 0 Å². The lowest BCUT2D eigenvalue weighted by atomic mass is 9.99. The van der Waals surface area contributed by atoms with Crippen molar-refractivity contribution in [3.05, 3.63) is 29.3 Å². The molecule has 0 unspecified atom stereocenters. The number of carbonyl (C=O) groups excluding carboxylic acids is 2. The number of aliphatic imine (C=N–C) groups is 1. The Morgan fingerprint density at radius 3 is 3.06 bits per heavy atom. The fourth-order valence-corrected chi connectivity index (χ4v) is 1.82.